The van der Waals surface area contributed by atoms with E-state index in [0.717, 1.165) is 63.0 Å². The Bertz CT molecular complexity index is 671. The average molecular weight is 345 g/mol. The van der Waals surface area contributed by atoms with E-state index in [1.165, 1.54) is 0 Å². The zero-order valence-electron chi connectivity index (χ0n) is 14.7. The Morgan fingerprint density at radius 1 is 0.960 bits per heavy atom. The van der Waals surface area contributed by atoms with Gasteiger partial charge in [-0.1, -0.05) is 0 Å². The fourth-order valence-electron chi connectivity index (χ4n) is 4.25. The van der Waals surface area contributed by atoms with Crippen LogP contribution in [0.1, 0.15) is 54.7 Å². The van der Waals surface area contributed by atoms with Crippen molar-refractivity contribution in [1.29, 1.82) is 0 Å². The van der Waals surface area contributed by atoms with Crippen molar-refractivity contribution in [3.63, 3.8) is 0 Å². The van der Waals surface area contributed by atoms with Crippen LogP contribution in [0.25, 0.3) is 0 Å². The number of hydrogen-bond donors (Lipinski definition) is 1. The lowest BCUT2D eigenvalue weighted by Gasteiger charge is -2.37. The summed E-state index contributed by atoms with van der Waals surface area (Å²) in [5.74, 6) is 0.160. The molecule has 0 aromatic carbocycles. The molecule has 1 aromatic rings. The van der Waals surface area contributed by atoms with E-state index in [2.05, 4.69) is 4.57 Å². The van der Waals surface area contributed by atoms with Crippen LogP contribution in [0, 0.1) is 0 Å². The van der Waals surface area contributed by atoms with Gasteiger partial charge in [-0.25, -0.2) is 0 Å². The van der Waals surface area contributed by atoms with Gasteiger partial charge in [-0.05, 0) is 44.2 Å². The van der Waals surface area contributed by atoms with Gasteiger partial charge in [-0.15, -0.1) is 0 Å². The first-order valence-electron chi connectivity index (χ1n) is 9.54. The first kappa shape index (κ1) is 16.6. The van der Waals surface area contributed by atoms with Gasteiger partial charge in [0.1, 0.15) is 5.69 Å². The zero-order valence-corrected chi connectivity index (χ0v) is 14.7. The van der Waals surface area contributed by atoms with Gasteiger partial charge in [0, 0.05) is 44.8 Å². The Morgan fingerprint density at radius 3 is 2.40 bits per heavy atom. The molecular weight excluding hydrogens is 318 g/mol. The van der Waals surface area contributed by atoms with Crippen molar-refractivity contribution in [2.24, 2.45) is 0 Å². The second-order valence-corrected chi connectivity index (χ2v) is 7.75. The Labute approximate surface area is 148 Å². The number of carbonyl (C=O) groups is 2. The number of likely N-dealkylation sites (tertiary alicyclic amines) is 1. The molecular formula is C19H27N3O3. The molecule has 1 aliphatic carbocycles. The van der Waals surface area contributed by atoms with Gasteiger partial charge in [0.05, 0.1) is 12.0 Å². The first-order chi connectivity index (χ1) is 12.1. The fourth-order valence-corrected chi connectivity index (χ4v) is 4.25. The molecule has 6 heteroatoms. The Balaban J connectivity index is 1.43. The fraction of sp³-hybridized carbons (Fsp3) is 0.684. The highest BCUT2D eigenvalue weighted by Crippen LogP contribution is 2.35. The number of carbonyl (C=O) groups excluding carboxylic acids is 2. The largest absolute Gasteiger partial charge is 0.389 e. The van der Waals surface area contributed by atoms with Crippen molar-refractivity contribution in [3.8, 4) is 0 Å². The van der Waals surface area contributed by atoms with E-state index >= 15 is 0 Å². The molecule has 25 heavy (non-hydrogen) atoms. The van der Waals surface area contributed by atoms with Crippen LogP contribution in [0.2, 0.25) is 0 Å². The monoisotopic (exact) mass is 345 g/mol. The summed E-state index contributed by atoms with van der Waals surface area (Å²) in [6.07, 6.45) is 5.66. The van der Waals surface area contributed by atoms with E-state index in [1.807, 2.05) is 21.9 Å². The third-order valence-corrected chi connectivity index (χ3v) is 6.03. The van der Waals surface area contributed by atoms with E-state index in [4.69, 9.17) is 0 Å². The van der Waals surface area contributed by atoms with Gasteiger partial charge in [0.15, 0.2) is 0 Å². The number of aliphatic hydroxyl groups is 1. The van der Waals surface area contributed by atoms with E-state index in [0.29, 0.717) is 19.6 Å². The quantitative estimate of drug-likeness (QED) is 0.901. The van der Waals surface area contributed by atoms with Crippen LogP contribution in [0.15, 0.2) is 12.1 Å². The van der Waals surface area contributed by atoms with Crippen molar-refractivity contribution in [3.05, 3.63) is 23.5 Å². The Hall–Kier alpha value is -1.82. The molecule has 4 rings (SSSR count). The number of amides is 2. The van der Waals surface area contributed by atoms with Gasteiger partial charge < -0.3 is 19.5 Å². The lowest BCUT2D eigenvalue weighted by Crippen LogP contribution is -2.44. The predicted octanol–water partition coefficient (Wildman–Crippen LogP) is 1.41. The average Bonchev–Trinajstić information content (AvgIpc) is 3.19. The maximum Gasteiger partial charge on any atom is 0.270 e. The van der Waals surface area contributed by atoms with E-state index in [-0.39, 0.29) is 18.2 Å². The summed E-state index contributed by atoms with van der Waals surface area (Å²) in [4.78, 5) is 29.1. The topological polar surface area (TPSA) is 65.8 Å². The maximum atomic E-state index is 12.7. The van der Waals surface area contributed by atoms with Crippen LogP contribution < -0.4 is 0 Å². The molecule has 2 amide bonds. The number of fused-ring (bicyclic) bond motifs is 1. The molecule has 1 saturated carbocycles. The Morgan fingerprint density at radius 2 is 1.72 bits per heavy atom. The van der Waals surface area contributed by atoms with Crippen molar-refractivity contribution in [1.82, 2.24) is 14.4 Å². The molecule has 0 atom stereocenters. The van der Waals surface area contributed by atoms with Gasteiger partial charge in [-0.2, -0.15) is 0 Å². The summed E-state index contributed by atoms with van der Waals surface area (Å²) < 4.78 is 2.09. The van der Waals surface area contributed by atoms with Crippen LogP contribution in [0.3, 0.4) is 0 Å². The number of rotatable bonds is 3. The lowest BCUT2D eigenvalue weighted by atomic mass is 9.77. The van der Waals surface area contributed by atoms with Crippen molar-refractivity contribution < 1.29 is 14.7 Å². The van der Waals surface area contributed by atoms with Crippen molar-refractivity contribution in [2.75, 3.05) is 26.2 Å². The summed E-state index contributed by atoms with van der Waals surface area (Å²) in [6, 6.07) is 3.96. The predicted molar refractivity (Wildman–Crippen MR) is 93.3 cm³/mol. The molecule has 0 unspecified atom stereocenters. The van der Waals surface area contributed by atoms with Crippen LogP contribution in [0.4, 0.5) is 0 Å². The first-order valence-corrected chi connectivity index (χ1v) is 9.54. The molecule has 6 nitrogen and oxygen atoms in total. The third kappa shape index (κ3) is 3.19. The molecule has 1 N–H and O–H groups in total. The van der Waals surface area contributed by atoms with Crippen LogP contribution in [-0.4, -0.2) is 63.1 Å². The molecule has 1 aromatic heterocycles. The summed E-state index contributed by atoms with van der Waals surface area (Å²) in [6.45, 7) is 3.62. The minimum Gasteiger partial charge on any atom is -0.389 e. The van der Waals surface area contributed by atoms with Crippen LogP contribution >= 0.6 is 0 Å². The van der Waals surface area contributed by atoms with Gasteiger partial charge in [-0.3, -0.25) is 9.59 Å². The molecule has 136 valence electrons. The minimum absolute atomic E-state index is 0.0420. The Kier molecular flexibility index (Phi) is 4.31. The smallest absolute Gasteiger partial charge is 0.270 e. The molecule has 0 radical (unpaired) electrons. The second-order valence-electron chi connectivity index (χ2n) is 7.75. The van der Waals surface area contributed by atoms with Crippen molar-refractivity contribution in [2.45, 2.75) is 57.1 Å². The van der Waals surface area contributed by atoms with Gasteiger partial charge in [0.25, 0.3) is 5.91 Å². The highest BCUT2D eigenvalue weighted by Gasteiger charge is 2.38. The summed E-state index contributed by atoms with van der Waals surface area (Å²) >= 11 is 0. The molecule has 2 aliphatic heterocycles. The molecule has 1 saturated heterocycles. The standard InChI is InChI=1S/C19H27N3O3/c23-17(14-19(25)7-3-8-19)20-11-6-15-4-5-16(22(15)13-12-20)18(24)21-9-1-2-10-21/h4-5,25H,1-3,6-14H2. The van der Waals surface area contributed by atoms with E-state index in [9.17, 15) is 14.7 Å². The highest BCUT2D eigenvalue weighted by molar-refractivity contribution is 5.93. The lowest BCUT2D eigenvalue weighted by molar-refractivity contribution is -0.140. The highest BCUT2D eigenvalue weighted by atomic mass is 16.3. The molecule has 3 aliphatic rings. The van der Waals surface area contributed by atoms with Gasteiger partial charge in [0.2, 0.25) is 5.91 Å². The third-order valence-electron chi connectivity index (χ3n) is 6.03. The van der Waals surface area contributed by atoms with E-state index < -0.39 is 5.60 Å². The molecule has 0 bridgehead atoms. The maximum absolute atomic E-state index is 12.7. The van der Waals surface area contributed by atoms with Crippen LogP contribution in [-0.2, 0) is 17.8 Å². The minimum atomic E-state index is -0.768. The molecule has 0 spiro atoms. The second kappa shape index (κ2) is 6.48. The van der Waals surface area contributed by atoms with Gasteiger partial charge >= 0.3 is 0 Å². The van der Waals surface area contributed by atoms with Crippen LogP contribution in [0.5, 0.6) is 0 Å². The molecule has 3 heterocycles. The zero-order chi connectivity index (χ0) is 17.4. The SMILES string of the molecule is O=C(CC1(O)CCC1)N1CCc2ccc(C(=O)N3CCCC3)n2CC1. The normalized spacial score (nSPS) is 22.3. The van der Waals surface area contributed by atoms with Crippen molar-refractivity contribution >= 4 is 11.8 Å². The number of aromatic nitrogens is 1. The van der Waals surface area contributed by atoms with E-state index in [1.54, 1.807) is 0 Å². The summed E-state index contributed by atoms with van der Waals surface area (Å²) in [5.41, 5.74) is 1.11. The number of hydrogen-bond acceptors (Lipinski definition) is 3. The number of nitrogens with zero attached hydrogens (tertiary/aromatic N) is 3. The summed E-state index contributed by atoms with van der Waals surface area (Å²) in [7, 11) is 0. The summed E-state index contributed by atoms with van der Waals surface area (Å²) in [5, 5.41) is 10.3. The molecule has 2 fully saturated rings.